The Bertz CT molecular complexity index is 3070. The Morgan fingerprint density at radius 2 is 0.877 bits per heavy atom. The average molecular weight is 730 g/mol. The van der Waals surface area contributed by atoms with E-state index in [1.54, 1.807) is 0 Å². The molecule has 0 saturated heterocycles. The Hall–Kier alpha value is -6.70. The zero-order valence-electron chi connectivity index (χ0n) is 32.8. The van der Waals surface area contributed by atoms with Gasteiger partial charge in [-0.3, -0.25) is 0 Å². The summed E-state index contributed by atoms with van der Waals surface area (Å²) in [5, 5.41) is 5.02. The van der Waals surface area contributed by atoms with Gasteiger partial charge in [0.25, 0.3) is 0 Å². The molecule has 1 nitrogen and oxygen atoms in total. The molecule has 0 radical (unpaired) electrons. The van der Waals surface area contributed by atoms with Gasteiger partial charge in [-0.25, -0.2) is 0 Å². The number of nitrogens with zero attached hydrogens (tertiary/aromatic N) is 1. The Kier molecular flexibility index (Phi) is 7.32. The van der Waals surface area contributed by atoms with Crippen LogP contribution in [0.2, 0.25) is 0 Å². The van der Waals surface area contributed by atoms with Gasteiger partial charge in [-0.1, -0.05) is 185 Å². The number of rotatable bonds is 5. The molecule has 1 heteroatoms. The lowest BCUT2D eigenvalue weighted by atomic mass is 9.78. The number of hydrogen-bond donors (Lipinski definition) is 0. The molecule has 0 N–H and O–H groups in total. The van der Waals surface area contributed by atoms with Crippen molar-refractivity contribution in [2.45, 2.75) is 38.5 Å². The Morgan fingerprint density at radius 1 is 0.333 bits per heavy atom. The van der Waals surface area contributed by atoms with E-state index < -0.39 is 0 Å². The van der Waals surface area contributed by atoms with Crippen LogP contribution in [0.5, 0.6) is 0 Å². The highest BCUT2D eigenvalue weighted by atomic mass is 15.1. The molecule has 0 amide bonds. The minimum Gasteiger partial charge on any atom is -0.310 e. The van der Waals surface area contributed by atoms with Gasteiger partial charge < -0.3 is 4.90 Å². The van der Waals surface area contributed by atoms with E-state index in [-0.39, 0.29) is 10.8 Å². The summed E-state index contributed by atoms with van der Waals surface area (Å²) in [5.41, 5.74) is 19.2. The van der Waals surface area contributed by atoms with Crippen LogP contribution in [0, 0.1) is 0 Å². The maximum Gasteiger partial charge on any atom is 0.0540 e. The first-order chi connectivity index (χ1) is 27.8. The maximum absolute atomic E-state index is 2.47. The first-order valence-electron chi connectivity index (χ1n) is 20.2. The van der Waals surface area contributed by atoms with Crippen molar-refractivity contribution in [3.8, 4) is 44.5 Å². The van der Waals surface area contributed by atoms with Crippen molar-refractivity contribution in [3.05, 3.63) is 210 Å². The van der Waals surface area contributed by atoms with Crippen molar-refractivity contribution < 1.29 is 0 Å². The van der Waals surface area contributed by atoms with Crippen molar-refractivity contribution in [1.82, 2.24) is 0 Å². The number of fused-ring (bicyclic) bond motifs is 9. The third-order valence-electron chi connectivity index (χ3n) is 13.1. The van der Waals surface area contributed by atoms with Gasteiger partial charge in [0.2, 0.25) is 0 Å². The minimum absolute atomic E-state index is 0.102. The average Bonchev–Trinajstić information content (AvgIpc) is 3.63. The van der Waals surface area contributed by atoms with Crippen LogP contribution in [0.1, 0.15) is 49.9 Å². The van der Waals surface area contributed by atoms with E-state index in [4.69, 9.17) is 0 Å². The van der Waals surface area contributed by atoms with E-state index in [1.165, 1.54) is 94.0 Å². The number of benzene rings is 9. The van der Waals surface area contributed by atoms with Gasteiger partial charge >= 0.3 is 0 Å². The predicted octanol–water partition coefficient (Wildman–Crippen LogP) is 15.4. The highest BCUT2D eigenvalue weighted by molar-refractivity contribution is 6.13. The summed E-state index contributed by atoms with van der Waals surface area (Å²) in [6.45, 7) is 9.48. The largest absolute Gasteiger partial charge is 0.310 e. The molecule has 0 fully saturated rings. The molecule has 0 spiro atoms. The topological polar surface area (TPSA) is 3.24 Å². The lowest BCUT2D eigenvalue weighted by Crippen LogP contribution is -2.16. The van der Waals surface area contributed by atoms with Crippen LogP contribution in [0.15, 0.2) is 188 Å². The summed E-state index contributed by atoms with van der Waals surface area (Å²) in [5.74, 6) is 0. The lowest BCUT2D eigenvalue weighted by Gasteiger charge is -2.29. The Balaban J connectivity index is 1.07. The standard InChI is InChI=1S/C56H43N/c1-55(2)50-24-11-9-19-44(50)46-34-32-39(35-52(46)55)57(53-26-14-21-42-40-16-6-5-15-36(40)29-33-47(42)53)38-30-27-37(28-31-38)41-17-7-8-18-43(41)48-22-13-23-49-45-20-10-12-25-51(45)56(3,4)54(48)49/h5-35H,1-4H3. The van der Waals surface area contributed by atoms with Gasteiger partial charge in [-0.15, -0.1) is 0 Å². The van der Waals surface area contributed by atoms with Crippen molar-refractivity contribution in [1.29, 1.82) is 0 Å². The van der Waals surface area contributed by atoms with Gasteiger partial charge in [0.05, 0.1) is 5.69 Å². The van der Waals surface area contributed by atoms with Crippen LogP contribution >= 0.6 is 0 Å². The summed E-state index contributed by atoms with van der Waals surface area (Å²) in [6, 6.07) is 70.0. The second-order valence-electron chi connectivity index (χ2n) is 16.9. The van der Waals surface area contributed by atoms with Gasteiger partial charge in [0, 0.05) is 27.6 Å². The first-order valence-corrected chi connectivity index (χ1v) is 20.2. The fourth-order valence-corrected chi connectivity index (χ4v) is 10.3. The smallest absolute Gasteiger partial charge is 0.0540 e. The van der Waals surface area contributed by atoms with E-state index in [0.29, 0.717) is 0 Å². The highest BCUT2D eigenvalue weighted by Gasteiger charge is 2.38. The summed E-state index contributed by atoms with van der Waals surface area (Å²) >= 11 is 0. The Morgan fingerprint density at radius 3 is 1.65 bits per heavy atom. The third-order valence-corrected chi connectivity index (χ3v) is 13.1. The van der Waals surface area contributed by atoms with Crippen LogP contribution in [0.25, 0.3) is 66.1 Å². The summed E-state index contributed by atoms with van der Waals surface area (Å²) in [4.78, 5) is 2.47. The second-order valence-corrected chi connectivity index (χ2v) is 16.9. The SMILES string of the molecule is CC1(C)c2ccccc2-c2ccc(N(c3ccc(-c4ccccc4-c4cccc5c4C(C)(C)c4ccccc4-5)cc3)c3cccc4c3ccc3ccccc34)cc21. The summed E-state index contributed by atoms with van der Waals surface area (Å²) < 4.78 is 0. The maximum atomic E-state index is 2.47. The van der Waals surface area contributed by atoms with Crippen LogP contribution in [0.3, 0.4) is 0 Å². The van der Waals surface area contributed by atoms with Crippen LogP contribution in [0.4, 0.5) is 17.1 Å². The van der Waals surface area contributed by atoms with E-state index >= 15 is 0 Å². The van der Waals surface area contributed by atoms with E-state index in [2.05, 4.69) is 221 Å². The van der Waals surface area contributed by atoms with Gasteiger partial charge in [0.15, 0.2) is 0 Å². The van der Waals surface area contributed by atoms with E-state index in [0.717, 1.165) is 11.4 Å². The number of hydrogen-bond acceptors (Lipinski definition) is 1. The molecule has 9 aromatic rings. The van der Waals surface area contributed by atoms with E-state index in [1.807, 2.05) is 0 Å². The normalized spacial score (nSPS) is 14.2. The molecule has 2 aliphatic rings. The second kappa shape index (κ2) is 12.4. The molecule has 2 aliphatic carbocycles. The molecular weight excluding hydrogens is 687 g/mol. The zero-order valence-corrected chi connectivity index (χ0v) is 32.8. The van der Waals surface area contributed by atoms with E-state index in [9.17, 15) is 0 Å². The molecule has 0 bridgehead atoms. The van der Waals surface area contributed by atoms with Crippen LogP contribution in [-0.2, 0) is 10.8 Å². The van der Waals surface area contributed by atoms with Crippen LogP contribution in [-0.4, -0.2) is 0 Å². The first kappa shape index (κ1) is 33.6. The summed E-state index contributed by atoms with van der Waals surface area (Å²) in [7, 11) is 0. The minimum atomic E-state index is -0.107. The number of anilines is 3. The lowest BCUT2D eigenvalue weighted by molar-refractivity contribution is 0.660. The fraction of sp³-hybridized carbons (Fsp3) is 0.107. The fourth-order valence-electron chi connectivity index (χ4n) is 10.3. The molecule has 9 aromatic carbocycles. The zero-order chi connectivity index (χ0) is 38.5. The summed E-state index contributed by atoms with van der Waals surface area (Å²) in [6.07, 6.45) is 0. The molecule has 0 unspecified atom stereocenters. The molecule has 0 aliphatic heterocycles. The third kappa shape index (κ3) is 4.95. The van der Waals surface area contributed by atoms with Crippen molar-refractivity contribution in [2.75, 3.05) is 4.90 Å². The molecule has 0 aromatic heterocycles. The molecular formula is C56H43N. The quantitative estimate of drug-likeness (QED) is 0.159. The molecule has 0 atom stereocenters. The Labute approximate surface area is 335 Å². The van der Waals surface area contributed by atoms with Gasteiger partial charge in [-0.2, -0.15) is 0 Å². The van der Waals surface area contributed by atoms with Crippen molar-refractivity contribution in [2.24, 2.45) is 0 Å². The molecule has 11 rings (SSSR count). The van der Waals surface area contributed by atoms with Crippen molar-refractivity contribution in [3.63, 3.8) is 0 Å². The molecule has 0 saturated carbocycles. The van der Waals surface area contributed by atoms with Gasteiger partial charge in [0.1, 0.15) is 0 Å². The highest BCUT2D eigenvalue weighted by Crippen LogP contribution is 2.54. The van der Waals surface area contributed by atoms with Gasteiger partial charge in [-0.05, 0) is 113 Å². The molecule has 272 valence electrons. The van der Waals surface area contributed by atoms with Crippen molar-refractivity contribution >= 4 is 38.6 Å². The molecule has 57 heavy (non-hydrogen) atoms. The molecule has 0 heterocycles. The predicted molar refractivity (Wildman–Crippen MR) is 242 cm³/mol. The monoisotopic (exact) mass is 729 g/mol. The van der Waals surface area contributed by atoms with Crippen LogP contribution < -0.4 is 4.90 Å².